The molecule has 10 aromatic carbocycles. The maximum Gasteiger partial charge on any atom is 0.231 e. The normalized spacial score (nSPS) is 12.7. The van der Waals surface area contributed by atoms with Crippen molar-refractivity contribution in [2.45, 2.75) is 26.2 Å². The van der Waals surface area contributed by atoms with Gasteiger partial charge in [0.15, 0.2) is 23.0 Å². The molecule has 0 saturated carbocycles. The van der Waals surface area contributed by atoms with Crippen LogP contribution in [0.15, 0.2) is 188 Å². The number of hydrogen-bond donors (Lipinski definition) is 0. The Kier molecular flexibility index (Phi) is 9.37. The van der Waals surface area contributed by atoms with Gasteiger partial charge in [0.1, 0.15) is 0 Å². The fourth-order valence-electron chi connectivity index (χ4n) is 9.63. The molecule has 4 heteroatoms. The fourth-order valence-corrected chi connectivity index (χ4v) is 9.63. The summed E-state index contributed by atoms with van der Waals surface area (Å²) in [5.41, 5.74) is 15.3. The maximum absolute atomic E-state index is 5.70. The van der Waals surface area contributed by atoms with Crippen molar-refractivity contribution in [3.8, 4) is 89.8 Å². The van der Waals surface area contributed by atoms with Crippen LogP contribution in [0.25, 0.3) is 99.1 Å². The van der Waals surface area contributed by atoms with E-state index in [9.17, 15) is 0 Å². The molecule has 0 bridgehead atoms. The van der Waals surface area contributed by atoms with Gasteiger partial charge in [-0.25, -0.2) is 0 Å². The van der Waals surface area contributed by atoms with Gasteiger partial charge in [-0.15, -0.1) is 0 Å². The van der Waals surface area contributed by atoms with Crippen LogP contribution in [0, 0.1) is 0 Å². The van der Waals surface area contributed by atoms with Crippen LogP contribution in [0.5, 0.6) is 23.0 Å². The van der Waals surface area contributed by atoms with Crippen molar-refractivity contribution in [3.05, 3.63) is 194 Å². The lowest BCUT2D eigenvalue weighted by atomic mass is 9.88. The van der Waals surface area contributed by atoms with Gasteiger partial charge in [0.25, 0.3) is 0 Å². The van der Waals surface area contributed by atoms with E-state index in [1.165, 1.54) is 60.1 Å². The van der Waals surface area contributed by atoms with Gasteiger partial charge in [-0.05, 0) is 172 Å². The Morgan fingerprint density at radius 1 is 0.297 bits per heavy atom. The van der Waals surface area contributed by atoms with Gasteiger partial charge in [0.05, 0.1) is 0 Å². The number of aryl methyl sites for hydroxylation is 1. The predicted octanol–water partition coefficient (Wildman–Crippen LogP) is 15.9. The Labute approximate surface area is 372 Å². The fraction of sp³-hybridized carbons (Fsp3) is 0.100. The molecule has 0 aliphatic carbocycles. The van der Waals surface area contributed by atoms with Gasteiger partial charge in [-0.2, -0.15) is 0 Å². The largest absolute Gasteiger partial charge is 0.454 e. The molecule has 2 aliphatic rings. The van der Waals surface area contributed by atoms with Gasteiger partial charge in [0.2, 0.25) is 13.6 Å². The standard InChI is InChI=1S/C60H44O4/c1-2-3-8-38-27-46(43-21-24-55-53-11-5-4-9-51(53)52-10-6-7-12-54(52)56(55)33-43)29-47(28-38)50-31-48(41-17-13-39(14-18-41)44-22-25-57-59(34-44)63-36-61-57)30-49(32-50)42-19-15-40(16-20-42)45-23-26-58-60(35-45)64-37-62-58/h4-7,9-35H,2-3,8,36-37H2,1H3. The minimum absolute atomic E-state index is 0.261. The van der Waals surface area contributed by atoms with E-state index < -0.39 is 0 Å². The zero-order valence-corrected chi connectivity index (χ0v) is 35.6. The van der Waals surface area contributed by atoms with E-state index in [1.807, 2.05) is 12.1 Å². The molecule has 0 saturated heterocycles. The van der Waals surface area contributed by atoms with Gasteiger partial charge in [0, 0.05) is 0 Å². The highest BCUT2D eigenvalue weighted by Crippen LogP contribution is 2.42. The van der Waals surface area contributed by atoms with E-state index in [0.29, 0.717) is 0 Å². The number of unbranched alkanes of at least 4 members (excludes halogenated alkanes) is 1. The van der Waals surface area contributed by atoms with E-state index in [1.54, 1.807) is 0 Å². The van der Waals surface area contributed by atoms with E-state index in [2.05, 4.69) is 183 Å². The summed E-state index contributed by atoms with van der Waals surface area (Å²) in [5.74, 6) is 3.15. The van der Waals surface area contributed by atoms with Crippen LogP contribution in [0.2, 0.25) is 0 Å². The molecule has 0 radical (unpaired) electrons. The molecule has 2 heterocycles. The van der Waals surface area contributed by atoms with Crippen LogP contribution in [0.4, 0.5) is 0 Å². The minimum atomic E-state index is 0.261. The molecule has 0 atom stereocenters. The van der Waals surface area contributed by atoms with Crippen molar-refractivity contribution in [2.24, 2.45) is 0 Å². The third-order valence-electron chi connectivity index (χ3n) is 13.0. The molecular weight excluding hydrogens is 785 g/mol. The van der Waals surface area contributed by atoms with Crippen LogP contribution >= 0.6 is 0 Å². The Hall–Kier alpha value is -7.82. The molecule has 0 aromatic heterocycles. The summed E-state index contributed by atoms with van der Waals surface area (Å²) >= 11 is 0. The molecule has 10 aromatic rings. The van der Waals surface area contributed by atoms with E-state index >= 15 is 0 Å². The average molecular weight is 829 g/mol. The number of hydrogen-bond acceptors (Lipinski definition) is 4. The highest BCUT2D eigenvalue weighted by Gasteiger charge is 2.17. The van der Waals surface area contributed by atoms with Crippen molar-refractivity contribution < 1.29 is 18.9 Å². The van der Waals surface area contributed by atoms with E-state index in [-0.39, 0.29) is 13.6 Å². The Morgan fingerprint density at radius 3 is 1.12 bits per heavy atom. The monoisotopic (exact) mass is 828 g/mol. The van der Waals surface area contributed by atoms with Crippen molar-refractivity contribution in [3.63, 3.8) is 0 Å². The van der Waals surface area contributed by atoms with Gasteiger partial charge in [-0.1, -0.05) is 147 Å². The highest BCUT2D eigenvalue weighted by atomic mass is 16.7. The Bertz CT molecular complexity index is 3270. The SMILES string of the molecule is CCCCc1cc(-c2cc(-c3ccc(-c4ccc5c(c4)OCO5)cc3)cc(-c3ccc(-c4ccc5c(c4)OCO5)cc3)c2)cc(-c2ccc3c4ccccc4c4ccccc4c3c2)c1. The van der Waals surface area contributed by atoms with Crippen LogP contribution in [0.3, 0.4) is 0 Å². The van der Waals surface area contributed by atoms with Gasteiger partial charge in [-0.3, -0.25) is 0 Å². The lowest BCUT2D eigenvalue weighted by Crippen LogP contribution is -1.92. The lowest BCUT2D eigenvalue weighted by Gasteiger charge is -2.16. The second-order valence-electron chi connectivity index (χ2n) is 17.0. The quantitative estimate of drug-likeness (QED) is 0.136. The van der Waals surface area contributed by atoms with E-state index in [4.69, 9.17) is 18.9 Å². The van der Waals surface area contributed by atoms with Gasteiger partial charge >= 0.3 is 0 Å². The summed E-state index contributed by atoms with van der Waals surface area (Å²) in [7, 11) is 0. The molecule has 2 aliphatic heterocycles. The number of rotatable bonds is 9. The first-order valence-electron chi connectivity index (χ1n) is 22.3. The molecule has 0 N–H and O–H groups in total. The molecule has 12 rings (SSSR count). The molecular formula is C60H44O4. The molecule has 308 valence electrons. The summed E-state index contributed by atoms with van der Waals surface area (Å²) in [5, 5.41) is 7.72. The topological polar surface area (TPSA) is 36.9 Å². The molecule has 0 spiro atoms. The third-order valence-corrected chi connectivity index (χ3v) is 13.0. The molecule has 64 heavy (non-hydrogen) atoms. The first kappa shape index (κ1) is 37.9. The highest BCUT2D eigenvalue weighted by molar-refractivity contribution is 6.25. The second-order valence-corrected chi connectivity index (χ2v) is 17.0. The number of fused-ring (bicyclic) bond motifs is 8. The lowest BCUT2D eigenvalue weighted by molar-refractivity contribution is 0.173. The summed E-state index contributed by atoms with van der Waals surface area (Å²) in [6.45, 7) is 2.80. The summed E-state index contributed by atoms with van der Waals surface area (Å²) in [6.07, 6.45) is 3.29. The van der Waals surface area contributed by atoms with E-state index in [0.717, 1.165) is 86.8 Å². The smallest absolute Gasteiger partial charge is 0.231 e. The number of benzene rings is 10. The van der Waals surface area contributed by atoms with Crippen LogP contribution in [0.1, 0.15) is 25.3 Å². The average Bonchev–Trinajstić information content (AvgIpc) is 4.05. The Balaban J connectivity index is 0.984. The first-order valence-corrected chi connectivity index (χ1v) is 22.3. The van der Waals surface area contributed by atoms with Crippen LogP contribution in [-0.2, 0) is 6.42 Å². The first-order chi connectivity index (χ1) is 31.6. The maximum atomic E-state index is 5.70. The molecule has 0 unspecified atom stereocenters. The van der Waals surface area contributed by atoms with Crippen LogP contribution in [-0.4, -0.2) is 13.6 Å². The number of ether oxygens (including phenoxy) is 4. The second kappa shape index (κ2) is 15.8. The predicted molar refractivity (Wildman–Crippen MR) is 262 cm³/mol. The summed E-state index contributed by atoms with van der Waals surface area (Å²) in [4.78, 5) is 0. The summed E-state index contributed by atoms with van der Waals surface area (Å²) in [6, 6.07) is 69.0. The Morgan fingerprint density at radius 2 is 0.641 bits per heavy atom. The van der Waals surface area contributed by atoms with Crippen molar-refractivity contribution in [1.29, 1.82) is 0 Å². The zero-order chi connectivity index (χ0) is 42.6. The van der Waals surface area contributed by atoms with Crippen molar-refractivity contribution in [2.75, 3.05) is 13.6 Å². The van der Waals surface area contributed by atoms with Crippen LogP contribution < -0.4 is 18.9 Å². The minimum Gasteiger partial charge on any atom is -0.454 e. The molecule has 4 nitrogen and oxygen atoms in total. The van der Waals surface area contributed by atoms with Crippen molar-refractivity contribution in [1.82, 2.24) is 0 Å². The molecule has 0 fully saturated rings. The third kappa shape index (κ3) is 6.89. The van der Waals surface area contributed by atoms with Crippen molar-refractivity contribution >= 4 is 32.3 Å². The zero-order valence-electron chi connectivity index (χ0n) is 35.6. The molecule has 0 amide bonds. The summed E-state index contributed by atoms with van der Waals surface area (Å²) < 4.78 is 22.6. The van der Waals surface area contributed by atoms with Gasteiger partial charge < -0.3 is 18.9 Å².